The summed E-state index contributed by atoms with van der Waals surface area (Å²) in [7, 11) is 0. The number of hydrogen-bond donors (Lipinski definition) is 4. The van der Waals surface area contributed by atoms with Gasteiger partial charge in [-0.15, -0.1) is 0 Å². The Morgan fingerprint density at radius 3 is 2.28 bits per heavy atom. The van der Waals surface area contributed by atoms with Crippen molar-refractivity contribution >= 4 is 23.5 Å². The van der Waals surface area contributed by atoms with E-state index >= 15 is 0 Å². The van der Waals surface area contributed by atoms with E-state index in [1.807, 2.05) is 44.2 Å². The van der Waals surface area contributed by atoms with Crippen LogP contribution in [0.15, 0.2) is 54.9 Å². The number of nitrogens with one attached hydrogen (secondary N) is 3. The van der Waals surface area contributed by atoms with Crippen LogP contribution >= 0.6 is 0 Å². The first-order valence-corrected chi connectivity index (χ1v) is 10.8. The molecule has 0 aliphatic rings. The predicted molar refractivity (Wildman–Crippen MR) is 123 cm³/mol. The van der Waals surface area contributed by atoms with Crippen molar-refractivity contribution in [3.8, 4) is 0 Å². The molecule has 3 atom stereocenters. The summed E-state index contributed by atoms with van der Waals surface area (Å²) in [4.78, 5) is 41.3. The molecule has 172 valence electrons. The number of carbonyl (C=O) groups is 3. The van der Waals surface area contributed by atoms with Gasteiger partial charge in [-0.1, -0.05) is 44.2 Å². The Kier molecular flexibility index (Phi) is 9.81. The number of pyridine rings is 1. The maximum Gasteiger partial charge on any atom is 0.320 e. The summed E-state index contributed by atoms with van der Waals surface area (Å²) in [5, 5.41) is 17.8. The first-order chi connectivity index (χ1) is 15.3. The van der Waals surface area contributed by atoms with Crippen molar-refractivity contribution in [3.05, 3.63) is 60.4 Å². The minimum atomic E-state index is -1.05. The molecular formula is C24H32N4O4. The fraction of sp³-hybridized carbons (Fsp3) is 0.417. The van der Waals surface area contributed by atoms with Gasteiger partial charge in [0.05, 0.1) is 17.9 Å². The summed E-state index contributed by atoms with van der Waals surface area (Å²) in [6, 6.07) is 10.7. The van der Waals surface area contributed by atoms with Gasteiger partial charge in [-0.3, -0.25) is 24.7 Å². The van der Waals surface area contributed by atoms with E-state index in [2.05, 4.69) is 20.9 Å². The van der Waals surface area contributed by atoms with Crippen LogP contribution in [0.25, 0.3) is 0 Å². The van der Waals surface area contributed by atoms with Crippen LogP contribution in [-0.2, 0) is 20.8 Å². The highest BCUT2D eigenvalue weighted by Crippen LogP contribution is 2.11. The standard InChI is InChI=1S/C24H32N4O4/c1-16(2)14-21(23(30)27-19-10-7-13-25-15-19)28-22(29)20(26-17(3)24(31)32)12-11-18-8-5-4-6-9-18/h4-10,13,15-17,20-21,26H,11-12,14H2,1-3H3,(H,27,30)(H,28,29)(H,31,32)/t17-,20+,21+/m1/s1. The zero-order chi connectivity index (χ0) is 23.5. The molecule has 1 aromatic carbocycles. The molecule has 2 aromatic rings. The van der Waals surface area contributed by atoms with Crippen LogP contribution in [0.4, 0.5) is 5.69 Å². The highest BCUT2D eigenvalue weighted by atomic mass is 16.4. The Morgan fingerprint density at radius 1 is 0.969 bits per heavy atom. The monoisotopic (exact) mass is 440 g/mol. The zero-order valence-corrected chi connectivity index (χ0v) is 18.7. The van der Waals surface area contributed by atoms with Crippen molar-refractivity contribution < 1.29 is 19.5 Å². The Balaban J connectivity index is 2.11. The molecule has 0 aliphatic heterocycles. The number of anilines is 1. The third kappa shape index (κ3) is 8.47. The SMILES string of the molecule is CC(C)C[C@H](NC(=O)[C@H](CCc1ccccc1)N[C@H](C)C(=O)O)C(=O)Nc1cccnc1. The van der Waals surface area contributed by atoms with Gasteiger partial charge in [0, 0.05) is 6.20 Å². The number of nitrogens with zero attached hydrogens (tertiary/aromatic N) is 1. The van der Waals surface area contributed by atoms with Gasteiger partial charge in [-0.2, -0.15) is 0 Å². The summed E-state index contributed by atoms with van der Waals surface area (Å²) >= 11 is 0. The van der Waals surface area contributed by atoms with Crippen LogP contribution in [0.1, 0.15) is 39.2 Å². The minimum absolute atomic E-state index is 0.161. The number of benzene rings is 1. The molecule has 1 aromatic heterocycles. The third-order valence-corrected chi connectivity index (χ3v) is 4.97. The van der Waals surface area contributed by atoms with E-state index in [0.29, 0.717) is 24.9 Å². The average molecular weight is 441 g/mol. The van der Waals surface area contributed by atoms with Crippen LogP contribution in [0.2, 0.25) is 0 Å². The molecule has 0 saturated heterocycles. The van der Waals surface area contributed by atoms with Crippen LogP contribution in [0.3, 0.4) is 0 Å². The van der Waals surface area contributed by atoms with Crippen LogP contribution in [0, 0.1) is 5.92 Å². The van der Waals surface area contributed by atoms with Gasteiger partial charge in [0.25, 0.3) is 0 Å². The summed E-state index contributed by atoms with van der Waals surface area (Å²) in [6.07, 6.45) is 4.57. The minimum Gasteiger partial charge on any atom is -0.480 e. The van der Waals surface area contributed by atoms with Gasteiger partial charge in [-0.25, -0.2) is 0 Å². The molecule has 0 unspecified atom stereocenters. The fourth-order valence-electron chi connectivity index (χ4n) is 3.26. The van der Waals surface area contributed by atoms with E-state index in [1.54, 1.807) is 18.3 Å². The molecule has 0 bridgehead atoms. The Hall–Kier alpha value is -3.26. The quantitative estimate of drug-likeness (QED) is 0.403. The number of aromatic nitrogens is 1. The second-order valence-electron chi connectivity index (χ2n) is 8.23. The second-order valence-corrected chi connectivity index (χ2v) is 8.23. The molecule has 1 heterocycles. The molecule has 2 rings (SSSR count). The number of hydrogen-bond acceptors (Lipinski definition) is 5. The van der Waals surface area contributed by atoms with Crippen molar-refractivity contribution in [1.29, 1.82) is 0 Å². The van der Waals surface area contributed by atoms with Crippen molar-refractivity contribution in [1.82, 2.24) is 15.6 Å². The predicted octanol–water partition coefficient (Wildman–Crippen LogP) is 2.62. The van der Waals surface area contributed by atoms with E-state index in [4.69, 9.17) is 0 Å². The van der Waals surface area contributed by atoms with Crippen LogP contribution in [0.5, 0.6) is 0 Å². The molecule has 0 aliphatic carbocycles. The molecule has 2 amide bonds. The lowest BCUT2D eigenvalue weighted by Gasteiger charge is -2.25. The molecule has 0 radical (unpaired) electrons. The molecule has 4 N–H and O–H groups in total. The van der Waals surface area contributed by atoms with Gasteiger partial charge in [0.1, 0.15) is 12.1 Å². The molecule has 0 fully saturated rings. The number of carboxylic acid groups (broad SMARTS) is 1. The molecular weight excluding hydrogens is 408 g/mol. The third-order valence-electron chi connectivity index (χ3n) is 4.97. The normalized spacial score (nSPS) is 13.8. The average Bonchev–Trinajstić information content (AvgIpc) is 2.76. The summed E-state index contributed by atoms with van der Waals surface area (Å²) < 4.78 is 0. The van der Waals surface area contributed by atoms with E-state index in [1.165, 1.54) is 13.1 Å². The molecule has 0 saturated carbocycles. The Labute approximate surface area is 188 Å². The van der Waals surface area contributed by atoms with Crippen molar-refractivity contribution in [2.24, 2.45) is 5.92 Å². The Bertz CT molecular complexity index is 874. The highest BCUT2D eigenvalue weighted by molar-refractivity contribution is 5.97. The topological polar surface area (TPSA) is 120 Å². The van der Waals surface area contributed by atoms with Gasteiger partial charge >= 0.3 is 5.97 Å². The molecule has 0 spiro atoms. The van der Waals surface area contributed by atoms with E-state index in [0.717, 1.165) is 5.56 Å². The number of carboxylic acids is 1. The molecule has 8 heteroatoms. The largest absolute Gasteiger partial charge is 0.480 e. The second kappa shape index (κ2) is 12.6. The van der Waals surface area contributed by atoms with Gasteiger partial charge in [0.15, 0.2) is 0 Å². The summed E-state index contributed by atoms with van der Waals surface area (Å²) in [5.74, 6) is -1.63. The lowest BCUT2D eigenvalue weighted by molar-refractivity contribution is -0.139. The summed E-state index contributed by atoms with van der Waals surface area (Å²) in [5.41, 5.74) is 1.59. The van der Waals surface area contributed by atoms with Crippen molar-refractivity contribution in [3.63, 3.8) is 0 Å². The van der Waals surface area contributed by atoms with Crippen LogP contribution < -0.4 is 16.0 Å². The smallest absolute Gasteiger partial charge is 0.320 e. The first kappa shape index (κ1) is 25.0. The van der Waals surface area contributed by atoms with Gasteiger partial charge in [0.2, 0.25) is 11.8 Å². The number of amides is 2. The van der Waals surface area contributed by atoms with E-state index in [-0.39, 0.29) is 11.8 Å². The lowest BCUT2D eigenvalue weighted by atomic mass is 10.0. The van der Waals surface area contributed by atoms with Gasteiger partial charge in [-0.05, 0) is 49.8 Å². The molecule has 8 nitrogen and oxygen atoms in total. The zero-order valence-electron chi connectivity index (χ0n) is 18.7. The maximum absolute atomic E-state index is 13.1. The summed E-state index contributed by atoms with van der Waals surface area (Å²) in [6.45, 7) is 5.42. The van der Waals surface area contributed by atoms with Crippen molar-refractivity contribution in [2.45, 2.75) is 58.2 Å². The fourth-order valence-corrected chi connectivity index (χ4v) is 3.26. The van der Waals surface area contributed by atoms with E-state index < -0.39 is 30.0 Å². The maximum atomic E-state index is 13.1. The number of aliphatic carboxylic acids is 1. The highest BCUT2D eigenvalue weighted by Gasteiger charge is 2.28. The lowest BCUT2D eigenvalue weighted by Crippen LogP contribution is -2.54. The van der Waals surface area contributed by atoms with Crippen LogP contribution in [-0.4, -0.2) is 46.0 Å². The number of aryl methyl sites for hydroxylation is 1. The number of carbonyl (C=O) groups excluding carboxylic acids is 2. The Morgan fingerprint density at radius 2 is 1.69 bits per heavy atom. The van der Waals surface area contributed by atoms with Gasteiger partial charge < -0.3 is 15.7 Å². The first-order valence-electron chi connectivity index (χ1n) is 10.8. The number of rotatable bonds is 12. The van der Waals surface area contributed by atoms with E-state index in [9.17, 15) is 19.5 Å². The molecule has 32 heavy (non-hydrogen) atoms. The van der Waals surface area contributed by atoms with Crippen molar-refractivity contribution in [2.75, 3.05) is 5.32 Å².